The topological polar surface area (TPSA) is 94.6 Å². The van der Waals surface area contributed by atoms with E-state index in [0.29, 0.717) is 44.8 Å². The molecule has 1 atom stereocenters. The third kappa shape index (κ3) is 4.34. The highest BCUT2D eigenvalue weighted by Gasteiger charge is 2.33. The molecular weight excluding hydrogens is 463 g/mol. The molecule has 1 unspecified atom stereocenters. The average Bonchev–Trinajstić information content (AvgIpc) is 2.79. The van der Waals surface area contributed by atoms with E-state index < -0.39 is 11.9 Å². The highest BCUT2D eigenvalue weighted by molar-refractivity contribution is 6.36. The molecule has 0 saturated heterocycles. The predicted molar refractivity (Wildman–Crippen MR) is 125 cm³/mol. The van der Waals surface area contributed by atoms with Gasteiger partial charge in [0.05, 0.1) is 12.5 Å². The van der Waals surface area contributed by atoms with E-state index in [9.17, 15) is 10.1 Å². The number of benzene rings is 3. The summed E-state index contributed by atoms with van der Waals surface area (Å²) in [5.74, 6) is -0.294. The fraction of sp³-hybridized carbons (Fsp3) is 0.120. The fourth-order valence-corrected chi connectivity index (χ4v) is 4.28. The number of nitrogens with two attached hydrogens (primary N) is 1. The van der Waals surface area contributed by atoms with Crippen LogP contribution in [0.15, 0.2) is 72.1 Å². The minimum Gasteiger partial charge on any atom is -0.493 e. The average molecular weight is 481 g/mol. The largest absolute Gasteiger partial charge is 0.493 e. The molecular formula is C25H18Cl2N2O4. The van der Waals surface area contributed by atoms with Crippen molar-refractivity contribution in [2.75, 3.05) is 6.61 Å². The van der Waals surface area contributed by atoms with E-state index in [1.54, 1.807) is 54.6 Å². The molecule has 0 aliphatic carbocycles. The Morgan fingerprint density at radius 2 is 1.85 bits per heavy atom. The first-order valence-electron chi connectivity index (χ1n) is 10.0. The van der Waals surface area contributed by atoms with Crippen molar-refractivity contribution in [3.05, 3.63) is 98.9 Å². The Hall–Kier alpha value is -3.66. The van der Waals surface area contributed by atoms with Crippen LogP contribution in [0.2, 0.25) is 10.0 Å². The van der Waals surface area contributed by atoms with Gasteiger partial charge in [0.15, 0.2) is 0 Å². The number of hydrogen-bond donors (Lipinski definition) is 1. The molecule has 0 amide bonds. The van der Waals surface area contributed by atoms with Crippen LogP contribution in [0, 0.1) is 11.3 Å². The molecule has 33 heavy (non-hydrogen) atoms. The zero-order valence-corrected chi connectivity index (χ0v) is 19.0. The van der Waals surface area contributed by atoms with Gasteiger partial charge in [-0.3, -0.25) is 0 Å². The van der Waals surface area contributed by atoms with Crippen molar-refractivity contribution in [2.45, 2.75) is 12.8 Å². The van der Waals surface area contributed by atoms with Gasteiger partial charge in [-0.2, -0.15) is 5.26 Å². The number of fused-ring (bicyclic) bond motifs is 1. The lowest BCUT2D eigenvalue weighted by Gasteiger charge is -2.27. The summed E-state index contributed by atoms with van der Waals surface area (Å²) in [5.41, 5.74) is 7.69. The number of para-hydroxylation sites is 1. The summed E-state index contributed by atoms with van der Waals surface area (Å²) in [4.78, 5) is 12.8. The number of nitrogens with zero attached hydrogens (tertiary/aromatic N) is 1. The van der Waals surface area contributed by atoms with Gasteiger partial charge in [0.1, 0.15) is 34.5 Å². The minimum absolute atomic E-state index is 0.0730. The molecule has 3 aromatic carbocycles. The number of rotatable bonds is 5. The third-order valence-electron chi connectivity index (χ3n) is 5.10. The third-order valence-corrected chi connectivity index (χ3v) is 5.76. The van der Waals surface area contributed by atoms with Crippen LogP contribution in [-0.4, -0.2) is 12.6 Å². The molecule has 1 heterocycles. The van der Waals surface area contributed by atoms with Crippen molar-refractivity contribution in [3.63, 3.8) is 0 Å². The SMILES string of the molecule is CCOc1ccccc1C(=O)Oc1ccc2c(c1)OC(N)=C(C#N)C2c1c(Cl)cccc1Cl. The quantitative estimate of drug-likeness (QED) is 0.364. The van der Waals surface area contributed by atoms with Crippen LogP contribution >= 0.6 is 23.2 Å². The number of carbonyl (C=O) groups is 1. The van der Waals surface area contributed by atoms with Crippen LogP contribution in [-0.2, 0) is 0 Å². The van der Waals surface area contributed by atoms with Crippen LogP contribution < -0.4 is 19.9 Å². The number of ether oxygens (including phenoxy) is 3. The summed E-state index contributed by atoms with van der Waals surface area (Å²) in [6, 6.07) is 18.9. The molecule has 0 spiro atoms. The Labute approximate surface area is 200 Å². The molecule has 8 heteroatoms. The van der Waals surface area contributed by atoms with Crippen molar-refractivity contribution in [3.8, 4) is 23.3 Å². The molecule has 0 radical (unpaired) electrons. The summed E-state index contributed by atoms with van der Waals surface area (Å²) < 4.78 is 16.8. The zero-order valence-electron chi connectivity index (χ0n) is 17.5. The second-order valence-corrected chi connectivity index (χ2v) is 7.89. The minimum atomic E-state index is -0.636. The van der Waals surface area contributed by atoms with E-state index in [2.05, 4.69) is 6.07 Å². The van der Waals surface area contributed by atoms with Gasteiger partial charge in [-0.1, -0.05) is 47.5 Å². The summed E-state index contributed by atoms with van der Waals surface area (Å²) in [7, 11) is 0. The van der Waals surface area contributed by atoms with Gasteiger partial charge in [0, 0.05) is 27.2 Å². The number of allylic oxidation sites excluding steroid dienone is 1. The Balaban J connectivity index is 1.72. The van der Waals surface area contributed by atoms with Gasteiger partial charge in [-0.25, -0.2) is 4.79 Å². The molecule has 3 aromatic rings. The van der Waals surface area contributed by atoms with Crippen LogP contribution in [0.5, 0.6) is 17.2 Å². The molecule has 1 aliphatic heterocycles. The summed E-state index contributed by atoms with van der Waals surface area (Å²) >= 11 is 12.9. The molecule has 0 fully saturated rings. The normalized spacial score (nSPS) is 14.7. The highest BCUT2D eigenvalue weighted by atomic mass is 35.5. The van der Waals surface area contributed by atoms with E-state index in [-0.39, 0.29) is 17.2 Å². The van der Waals surface area contributed by atoms with Crippen molar-refractivity contribution in [1.82, 2.24) is 0 Å². The van der Waals surface area contributed by atoms with E-state index in [1.807, 2.05) is 6.92 Å². The number of esters is 1. The van der Waals surface area contributed by atoms with Crippen LogP contribution in [0.25, 0.3) is 0 Å². The molecule has 6 nitrogen and oxygen atoms in total. The molecule has 1 aliphatic rings. The summed E-state index contributed by atoms with van der Waals surface area (Å²) in [5, 5.41) is 10.5. The van der Waals surface area contributed by atoms with Gasteiger partial charge in [0.2, 0.25) is 5.88 Å². The number of halogens is 2. The second-order valence-electron chi connectivity index (χ2n) is 7.08. The first-order valence-corrected chi connectivity index (χ1v) is 10.8. The maximum absolute atomic E-state index is 12.8. The zero-order chi connectivity index (χ0) is 23.5. The van der Waals surface area contributed by atoms with Crippen molar-refractivity contribution >= 4 is 29.2 Å². The number of carbonyl (C=O) groups excluding carboxylic acids is 1. The molecule has 2 N–H and O–H groups in total. The summed E-state index contributed by atoms with van der Waals surface area (Å²) in [6.07, 6.45) is 0. The van der Waals surface area contributed by atoms with Gasteiger partial charge in [-0.05, 0) is 37.3 Å². The number of nitriles is 1. The van der Waals surface area contributed by atoms with Crippen LogP contribution in [0.3, 0.4) is 0 Å². The van der Waals surface area contributed by atoms with Crippen LogP contribution in [0.4, 0.5) is 0 Å². The van der Waals surface area contributed by atoms with Gasteiger partial charge in [0.25, 0.3) is 0 Å². The Morgan fingerprint density at radius 3 is 2.55 bits per heavy atom. The Morgan fingerprint density at radius 1 is 1.12 bits per heavy atom. The van der Waals surface area contributed by atoms with Gasteiger partial charge < -0.3 is 19.9 Å². The lowest BCUT2D eigenvalue weighted by molar-refractivity contribution is 0.0730. The molecule has 4 rings (SSSR count). The molecule has 0 saturated carbocycles. The van der Waals surface area contributed by atoms with E-state index in [4.69, 9.17) is 43.1 Å². The van der Waals surface area contributed by atoms with Crippen molar-refractivity contribution in [1.29, 1.82) is 5.26 Å². The fourth-order valence-electron chi connectivity index (χ4n) is 3.66. The highest BCUT2D eigenvalue weighted by Crippen LogP contribution is 2.47. The Kier molecular flexibility index (Phi) is 6.45. The molecule has 166 valence electrons. The monoisotopic (exact) mass is 480 g/mol. The van der Waals surface area contributed by atoms with E-state index >= 15 is 0 Å². The second kappa shape index (κ2) is 9.45. The summed E-state index contributed by atoms with van der Waals surface area (Å²) in [6.45, 7) is 2.24. The maximum atomic E-state index is 12.8. The van der Waals surface area contributed by atoms with Crippen molar-refractivity contribution in [2.24, 2.45) is 5.73 Å². The standard InChI is InChI=1S/C25H18Cl2N2O4/c1-2-31-20-9-4-3-6-16(20)25(30)32-14-10-11-15-21(12-14)33-24(29)17(13-28)22(15)23-18(26)7-5-8-19(23)27/h3-12,22H,2,29H2,1H3. The van der Waals surface area contributed by atoms with Crippen LogP contribution in [0.1, 0.15) is 34.3 Å². The van der Waals surface area contributed by atoms with Gasteiger partial charge in [-0.15, -0.1) is 0 Å². The first-order chi connectivity index (χ1) is 15.9. The molecule has 0 bridgehead atoms. The Bertz CT molecular complexity index is 1290. The maximum Gasteiger partial charge on any atom is 0.347 e. The number of hydrogen-bond acceptors (Lipinski definition) is 6. The van der Waals surface area contributed by atoms with Crippen molar-refractivity contribution < 1.29 is 19.0 Å². The molecule has 0 aromatic heterocycles. The van der Waals surface area contributed by atoms with E-state index in [0.717, 1.165) is 0 Å². The lowest BCUT2D eigenvalue weighted by Crippen LogP contribution is -2.21. The van der Waals surface area contributed by atoms with E-state index in [1.165, 1.54) is 6.07 Å². The van der Waals surface area contributed by atoms with Gasteiger partial charge >= 0.3 is 5.97 Å². The first kappa shape index (κ1) is 22.5. The smallest absolute Gasteiger partial charge is 0.347 e. The lowest BCUT2D eigenvalue weighted by atomic mass is 9.83. The predicted octanol–water partition coefficient (Wildman–Crippen LogP) is 5.83.